The van der Waals surface area contributed by atoms with Crippen LogP contribution in [0.1, 0.15) is 16.7 Å². The summed E-state index contributed by atoms with van der Waals surface area (Å²) in [6.07, 6.45) is 0.628. The molecular formula is C14H12O3. The summed E-state index contributed by atoms with van der Waals surface area (Å²) in [4.78, 5) is 0. The molecule has 2 aromatic carbocycles. The molecule has 1 aliphatic rings. The van der Waals surface area contributed by atoms with E-state index in [0.717, 1.165) is 16.7 Å². The first-order valence-corrected chi connectivity index (χ1v) is 5.46. The van der Waals surface area contributed by atoms with Gasteiger partial charge in [-0.15, -0.1) is 0 Å². The third-order valence-electron chi connectivity index (χ3n) is 3.10. The number of aromatic hydroxyl groups is 2. The highest BCUT2D eigenvalue weighted by Gasteiger charge is 2.21. The molecule has 0 bridgehead atoms. The second-order valence-corrected chi connectivity index (χ2v) is 4.27. The Morgan fingerprint density at radius 3 is 2.71 bits per heavy atom. The highest BCUT2D eigenvalue weighted by Crippen LogP contribution is 2.42. The summed E-state index contributed by atoms with van der Waals surface area (Å²) in [5, 5.41) is 19.3. The van der Waals surface area contributed by atoms with Crippen molar-refractivity contribution in [3.05, 3.63) is 47.0 Å². The van der Waals surface area contributed by atoms with E-state index in [2.05, 4.69) is 0 Å². The largest absolute Gasteiger partial charge is 0.508 e. The fourth-order valence-corrected chi connectivity index (χ4v) is 2.21. The van der Waals surface area contributed by atoms with Gasteiger partial charge >= 0.3 is 0 Å². The minimum atomic E-state index is 0.199. The van der Waals surface area contributed by atoms with Gasteiger partial charge in [-0.3, -0.25) is 0 Å². The van der Waals surface area contributed by atoms with E-state index in [1.807, 2.05) is 13.0 Å². The molecule has 3 heteroatoms. The molecule has 17 heavy (non-hydrogen) atoms. The minimum absolute atomic E-state index is 0.199. The second kappa shape index (κ2) is 3.42. The number of rotatable bonds is 0. The van der Waals surface area contributed by atoms with Gasteiger partial charge in [0.1, 0.15) is 23.0 Å². The molecule has 1 aliphatic heterocycles. The fourth-order valence-electron chi connectivity index (χ4n) is 2.21. The van der Waals surface area contributed by atoms with E-state index in [-0.39, 0.29) is 11.5 Å². The van der Waals surface area contributed by atoms with Crippen LogP contribution in [0.15, 0.2) is 30.3 Å². The standard InChI is InChI=1S/C14H12O3/c1-8-5-9(15)6-14-10(8)7-11-12(16)3-2-4-13(11)17-14/h2-6,15-16H,7H2,1H3. The third kappa shape index (κ3) is 1.51. The quantitative estimate of drug-likeness (QED) is 0.621. The van der Waals surface area contributed by atoms with Gasteiger partial charge in [-0.1, -0.05) is 6.07 Å². The van der Waals surface area contributed by atoms with E-state index in [0.29, 0.717) is 17.9 Å². The van der Waals surface area contributed by atoms with Crippen LogP contribution in [0.25, 0.3) is 0 Å². The highest BCUT2D eigenvalue weighted by atomic mass is 16.5. The predicted octanol–water partition coefficient (Wildman–Crippen LogP) is 3.10. The monoisotopic (exact) mass is 228 g/mol. The van der Waals surface area contributed by atoms with E-state index in [4.69, 9.17) is 4.74 Å². The van der Waals surface area contributed by atoms with Gasteiger partial charge in [-0.25, -0.2) is 0 Å². The third-order valence-corrected chi connectivity index (χ3v) is 3.10. The molecule has 0 fully saturated rings. The maximum absolute atomic E-state index is 9.80. The van der Waals surface area contributed by atoms with Crippen LogP contribution >= 0.6 is 0 Å². The van der Waals surface area contributed by atoms with Crippen molar-refractivity contribution >= 4 is 0 Å². The molecule has 0 amide bonds. The van der Waals surface area contributed by atoms with E-state index < -0.39 is 0 Å². The number of phenols is 2. The van der Waals surface area contributed by atoms with Crippen LogP contribution in [-0.4, -0.2) is 10.2 Å². The van der Waals surface area contributed by atoms with Crippen LogP contribution in [0.4, 0.5) is 0 Å². The molecule has 0 aliphatic carbocycles. The number of hydrogen-bond acceptors (Lipinski definition) is 3. The van der Waals surface area contributed by atoms with Gasteiger partial charge in [0, 0.05) is 23.6 Å². The van der Waals surface area contributed by atoms with Crippen molar-refractivity contribution in [3.63, 3.8) is 0 Å². The number of phenolic OH excluding ortho intramolecular Hbond substituents is 2. The predicted molar refractivity (Wildman–Crippen MR) is 63.8 cm³/mol. The topological polar surface area (TPSA) is 49.7 Å². The molecule has 3 rings (SSSR count). The lowest BCUT2D eigenvalue weighted by molar-refractivity contribution is 0.424. The molecular weight excluding hydrogens is 216 g/mol. The summed E-state index contributed by atoms with van der Waals surface area (Å²) in [6.45, 7) is 1.92. The van der Waals surface area contributed by atoms with Crippen LogP contribution in [0, 0.1) is 6.92 Å². The Labute approximate surface area is 98.9 Å². The lowest BCUT2D eigenvalue weighted by Gasteiger charge is -2.22. The first kappa shape index (κ1) is 10.0. The lowest BCUT2D eigenvalue weighted by atomic mass is 9.96. The second-order valence-electron chi connectivity index (χ2n) is 4.27. The molecule has 2 N–H and O–H groups in total. The Morgan fingerprint density at radius 2 is 1.88 bits per heavy atom. The van der Waals surface area contributed by atoms with Gasteiger partial charge in [-0.2, -0.15) is 0 Å². The molecule has 2 aromatic rings. The molecule has 3 nitrogen and oxygen atoms in total. The van der Waals surface area contributed by atoms with Crippen molar-refractivity contribution in [3.8, 4) is 23.0 Å². The summed E-state index contributed by atoms with van der Waals surface area (Å²) >= 11 is 0. The number of benzene rings is 2. The lowest BCUT2D eigenvalue weighted by Crippen LogP contribution is -2.04. The van der Waals surface area contributed by atoms with Crippen molar-refractivity contribution in [2.75, 3.05) is 0 Å². The Balaban J connectivity index is 2.17. The van der Waals surface area contributed by atoms with Gasteiger partial charge in [0.25, 0.3) is 0 Å². The summed E-state index contributed by atoms with van der Waals surface area (Å²) in [7, 11) is 0. The zero-order valence-electron chi connectivity index (χ0n) is 9.40. The van der Waals surface area contributed by atoms with Gasteiger partial charge in [0.2, 0.25) is 0 Å². The summed E-state index contributed by atoms with van der Waals surface area (Å²) in [6, 6.07) is 8.53. The molecule has 0 spiro atoms. The van der Waals surface area contributed by atoms with Crippen molar-refractivity contribution in [2.45, 2.75) is 13.3 Å². The van der Waals surface area contributed by atoms with Crippen molar-refractivity contribution < 1.29 is 14.9 Å². The molecule has 0 atom stereocenters. The van der Waals surface area contributed by atoms with Crippen molar-refractivity contribution in [1.82, 2.24) is 0 Å². The minimum Gasteiger partial charge on any atom is -0.508 e. The SMILES string of the molecule is Cc1cc(O)cc2c1Cc1c(O)cccc1O2. The average molecular weight is 228 g/mol. The van der Waals surface area contributed by atoms with Crippen molar-refractivity contribution in [2.24, 2.45) is 0 Å². The van der Waals surface area contributed by atoms with Crippen LogP contribution in [0.5, 0.6) is 23.0 Å². The van der Waals surface area contributed by atoms with E-state index in [9.17, 15) is 10.2 Å². The fraction of sp³-hybridized carbons (Fsp3) is 0.143. The van der Waals surface area contributed by atoms with Gasteiger partial charge < -0.3 is 14.9 Å². The molecule has 0 saturated carbocycles. The normalized spacial score (nSPS) is 12.5. The maximum Gasteiger partial charge on any atom is 0.134 e. The number of aryl methyl sites for hydroxylation is 1. The van der Waals surface area contributed by atoms with Crippen molar-refractivity contribution in [1.29, 1.82) is 0 Å². The van der Waals surface area contributed by atoms with Gasteiger partial charge in [0.15, 0.2) is 0 Å². The maximum atomic E-state index is 9.80. The number of fused-ring (bicyclic) bond motifs is 2. The Hall–Kier alpha value is -2.16. The summed E-state index contributed by atoms with van der Waals surface area (Å²) in [5.41, 5.74) is 2.78. The van der Waals surface area contributed by atoms with Crippen LogP contribution in [0.2, 0.25) is 0 Å². The first-order chi connectivity index (χ1) is 8.15. The average Bonchev–Trinajstić information content (AvgIpc) is 2.27. The number of ether oxygens (including phenoxy) is 1. The van der Waals surface area contributed by atoms with Crippen LogP contribution < -0.4 is 4.74 Å². The molecule has 0 aromatic heterocycles. The molecule has 0 saturated heterocycles. The van der Waals surface area contributed by atoms with Gasteiger partial charge in [0.05, 0.1) is 0 Å². The van der Waals surface area contributed by atoms with E-state index >= 15 is 0 Å². The molecule has 0 unspecified atom stereocenters. The van der Waals surface area contributed by atoms with Crippen LogP contribution in [0.3, 0.4) is 0 Å². The summed E-state index contributed by atoms with van der Waals surface area (Å²) in [5.74, 6) is 1.77. The summed E-state index contributed by atoms with van der Waals surface area (Å²) < 4.78 is 5.70. The Morgan fingerprint density at radius 1 is 1.06 bits per heavy atom. The Bertz CT molecular complexity index is 603. The zero-order chi connectivity index (χ0) is 12.0. The van der Waals surface area contributed by atoms with Gasteiger partial charge in [-0.05, 0) is 30.7 Å². The smallest absolute Gasteiger partial charge is 0.134 e. The van der Waals surface area contributed by atoms with E-state index in [1.165, 1.54) is 0 Å². The van der Waals surface area contributed by atoms with E-state index in [1.54, 1.807) is 24.3 Å². The highest BCUT2D eigenvalue weighted by molar-refractivity contribution is 5.58. The zero-order valence-corrected chi connectivity index (χ0v) is 9.40. The molecule has 86 valence electrons. The number of hydrogen-bond donors (Lipinski definition) is 2. The molecule has 0 radical (unpaired) electrons. The first-order valence-electron chi connectivity index (χ1n) is 5.46. The molecule has 1 heterocycles. The Kier molecular flexibility index (Phi) is 2.01. The van der Waals surface area contributed by atoms with Crippen LogP contribution in [-0.2, 0) is 6.42 Å².